The number of nitrogens with zero attached hydrogens (tertiary/aromatic N) is 1. The molecule has 1 rings (SSSR count). The Balaban J connectivity index is 2.80. The Morgan fingerprint density at radius 3 is 2.93 bits per heavy atom. The van der Waals surface area contributed by atoms with Crippen LogP contribution in [0.4, 0.5) is 5.69 Å². The van der Waals surface area contributed by atoms with E-state index in [2.05, 4.69) is 4.98 Å². The SMILES string of the molecule is Nc1c(C(=O)O)ccnc1OCCCO. The van der Waals surface area contributed by atoms with Crippen molar-refractivity contribution in [2.45, 2.75) is 6.42 Å². The summed E-state index contributed by atoms with van der Waals surface area (Å²) >= 11 is 0. The normalized spacial score (nSPS) is 9.93. The minimum atomic E-state index is -1.12. The maximum Gasteiger partial charge on any atom is 0.338 e. The fourth-order valence-corrected chi connectivity index (χ4v) is 0.989. The maximum absolute atomic E-state index is 10.7. The summed E-state index contributed by atoms with van der Waals surface area (Å²) in [5, 5.41) is 17.3. The van der Waals surface area contributed by atoms with Gasteiger partial charge in [0.25, 0.3) is 0 Å². The highest BCUT2D eigenvalue weighted by Crippen LogP contribution is 2.22. The molecule has 4 N–H and O–H groups in total. The Morgan fingerprint density at radius 2 is 2.33 bits per heavy atom. The minimum Gasteiger partial charge on any atom is -0.478 e. The number of carbonyl (C=O) groups is 1. The molecule has 6 nitrogen and oxygen atoms in total. The molecule has 0 amide bonds. The number of aliphatic hydroxyl groups is 1. The second-order valence-electron chi connectivity index (χ2n) is 2.81. The van der Waals surface area contributed by atoms with Gasteiger partial charge in [-0.05, 0) is 6.07 Å². The number of carboxylic acids is 1. The van der Waals surface area contributed by atoms with Crippen molar-refractivity contribution < 1.29 is 19.7 Å². The number of aliphatic hydroxyl groups excluding tert-OH is 1. The van der Waals surface area contributed by atoms with Crippen LogP contribution < -0.4 is 10.5 Å². The number of nitrogen functional groups attached to an aromatic ring is 1. The van der Waals surface area contributed by atoms with E-state index in [4.69, 9.17) is 20.7 Å². The lowest BCUT2D eigenvalue weighted by molar-refractivity contribution is 0.0697. The van der Waals surface area contributed by atoms with Crippen LogP contribution in [-0.2, 0) is 0 Å². The van der Waals surface area contributed by atoms with E-state index in [1.165, 1.54) is 12.3 Å². The number of hydrogen-bond donors (Lipinski definition) is 3. The summed E-state index contributed by atoms with van der Waals surface area (Å²) in [4.78, 5) is 14.5. The van der Waals surface area contributed by atoms with Crippen molar-refractivity contribution in [1.29, 1.82) is 0 Å². The minimum absolute atomic E-state index is 0.00146. The number of rotatable bonds is 5. The van der Waals surface area contributed by atoms with Crippen LogP contribution in [0.2, 0.25) is 0 Å². The van der Waals surface area contributed by atoms with Crippen LogP contribution in [0, 0.1) is 0 Å². The Morgan fingerprint density at radius 1 is 1.60 bits per heavy atom. The molecule has 0 atom stereocenters. The molecule has 1 aromatic rings. The van der Waals surface area contributed by atoms with Crippen LogP contribution in [0.15, 0.2) is 12.3 Å². The third-order valence-corrected chi connectivity index (χ3v) is 1.73. The molecule has 1 heterocycles. The van der Waals surface area contributed by atoms with Gasteiger partial charge in [-0.1, -0.05) is 0 Å². The number of aromatic nitrogens is 1. The summed E-state index contributed by atoms with van der Waals surface area (Å²) in [7, 11) is 0. The number of ether oxygens (including phenoxy) is 1. The fourth-order valence-electron chi connectivity index (χ4n) is 0.989. The number of pyridine rings is 1. The van der Waals surface area contributed by atoms with Gasteiger partial charge in [-0.2, -0.15) is 0 Å². The van der Waals surface area contributed by atoms with E-state index in [1.807, 2.05) is 0 Å². The van der Waals surface area contributed by atoms with E-state index in [0.29, 0.717) is 6.42 Å². The van der Waals surface area contributed by atoms with Crippen molar-refractivity contribution in [1.82, 2.24) is 4.98 Å². The van der Waals surface area contributed by atoms with Crippen molar-refractivity contribution in [3.63, 3.8) is 0 Å². The molecule has 0 radical (unpaired) electrons. The summed E-state index contributed by atoms with van der Waals surface area (Å²) in [6, 6.07) is 1.30. The third-order valence-electron chi connectivity index (χ3n) is 1.73. The van der Waals surface area contributed by atoms with E-state index in [1.54, 1.807) is 0 Å². The Bertz CT molecular complexity index is 354. The van der Waals surface area contributed by atoms with Crippen LogP contribution in [0.5, 0.6) is 5.88 Å². The molecule has 1 aromatic heterocycles. The lowest BCUT2D eigenvalue weighted by Crippen LogP contribution is -2.08. The summed E-state index contributed by atoms with van der Waals surface area (Å²) in [6.07, 6.45) is 1.76. The molecule has 0 unspecified atom stereocenters. The summed E-state index contributed by atoms with van der Waals surface area (Å²) in [5.41, 5.74) is 5.50. The quantitative estimate of drug-likeness (QED) is 0.599. The van der Waals surface area contributed by atoms with Crippen LogP contribution in [0.3, 0.4) is 0 Å². The van der Waals surface area contributed by atoms with E-state index >= 15 is 0 Å². The first kappa shape index (κ1) is 11.3. The van der Waals surface area contributed by atoms with E-state index in [-0.39, 0.29) is 30.3 Å². The summed E-state index contributed by atoms with van der Waals surface area (Å²) in [5.74, 6) is -1.04. The van der Waals surface area contributed by atoms with E-state index in [9.17, 15) is 4.79 Å². The largest absolute Gasteiger partial charge is 0.478 e. The van der Waals surface area contributed by atoms with E-state index in [0.717, 1.165) is 0 Å². The van der Waals surface area contributed by atoms with Gasteiger partial charge in [0, 0.05) is 19.2 Å². The molecule has 6 heteroatoms. The second kappa shape index (κ2) is 5.16. The van der Waals surface area contributed by atoms with Crippen LogP contribution in [0.1, 0.15) is 16.8 Å². The van der Waals surface area contributed by atoms with Gasteiger partial charge in [-0.15, -0.1) is 0 Å². The predicted octanol–water partition coefficient (Wildman–Crippen LogP) is 0.123. The molecule has 0 bridgehead atoms. The van der Waals surface area contributed by atoms with Crippen molar-refractivity contribution in [2.24, 2.45) is 0 Å². The van der Waals surface area contributed by atoms with Gasteiger partial charge >= 0.3 is 5.97 Å². The summed E-state index contributed by atoms with van der Waals surface area (Å²) in [6.45, 7) is 0.245. The fraction of sp³-hybridized carbons (Fsp3) is 0.333. The maximum atomic E-state index is 10.7. The topological polar surface area (TPSA) is 106 Å². The molecule has 0 saturated carbocycles. The van der Waals surface area contributed by atoms with Gasteiger partial charge in [-0.3, -0.25) is 0 Å². The smallest absolute Gasteiger partial charge is 0.338 e. The average Bonchev–Trinajstić information content (AvgIpc) is 2.20. The standard InChI is InChI=1S/C9H12N2O4/c10-7-6(9(13)14)2-3-11-8(7)15-5-1-4-12/h2-3,12H,1,4-5,10H2,(H,13,14). The van der Waals surface area contributed by atoms with Gasteiger partial charge in [0.15, 0.2) is 0 Å². The number of anilines is 1. The first-order valence-electron chi connectivity index (χ1n) is 4.38. The Hall–Kier alpha value is -1.82. The lowest BCUT2D eigenvalue weighted by atomic mass is 10.2. The third kappa shape index (κ3) is 2.81. The van der Waals surface area contributed by atoms with Crippen molar-refractivity contribution >= 4 is 11.7 Å². The highest BCUT2D eigenvalue weighted by atomic mass is 16.5. The van der Waals surface area contributed by atoms with Crippen LogP contribution >= 0.6 is 0 Å². The van der Waals surface area contributed by atoms with Crippen LogP contribution in [0.25, 0.3) is 0 Å². The molecule has 0 aromatic carbocycles. The molecule has 0 fully saturated rings. The second-order valence-corrected chi connectivity index (χ2v) is 2.81. The number of nitrogens with two attached hydrogens (primary N) is 1. The highest BCUT2D eigenvalue weighted by molar-refractivity contribution is 5.94. The molecule has 15 heavy (non-hydrogen) atoms. The molecule has 0 aliphatic carbocycles. The van der Waals surface area contributed by atoms with Gasteiger partial charge in [0.2, 0.25) is 5.88 Å². The highest BCUT2D eigenvalue weighted by Gasteiger charge is 2.12. The monoisotopic (exact) mass is 212 g/mol. The van der Waals surface area contributed by atoms with Gasteiger partial charge < -0.3 is 20.7 Å². The Kier molecular flexibility index (Phi) is 3.87. The molecular formula is C9H12N2O4. The van der Waals surface area contributed by atoms with Gasteiger partial charge in [-0.25, -0.2) is 9.78 Å². The number of hydrogen-bond acceptors (Lipinski definition) is 5. The molecule has 0 aliphatic heterocycles. The summed E-state index contributed by atoms with van der Waals surface area (Å²) < 4.78 is 5.11. The van der Waals surface area contributed by atoms with Crippen molar-refractivity contribution in [2.75, 3.05) is 18.9 Å². The molecular weight excluding hydrogens is 200 g/mol. The predicted molar refractivity (Wildman–Crippen MR) is 52.8 cm³/mol. The Labute approximate surface area is 86.3 Å². The first-order chi connectivity index (χ1) is 7.16. The zero-order valence-corrected chi connectivity index (χ0v) is 8.01. The van der Waals surface area contributed by atoms with Gasteiger partial charge in [0.05, 0.1) is 12.2 Å². The van der Waals surface area contributed by atoms with Crippen LogP contribution in [-0.4, -0.2) is 34.4 Å². The zero-order valence-electron chi connectivity index (χ0n) is 8.01. The molecule has 82 valence electrons. The first-order valence-corrected chi connectivity index (χ1v) is 4.38. The zero-order chi connectivity index (χ0) is 11.3. The molecule has 0 spiro atoms. The lowest BCUT2D eigenvalue weighted by Gasteiger charge is -2.08. The number of carboxylic acid groups (broad SMARTS) is 1. The van der Waals surface area contributed by atoms with Crippen molar-refractivity contribution in [3.05, 3.63) is 17.8 Å². The average molecular weight is 212 g/mol. The van der Waals surface area contributed by atoms with Crippen molar-refractivity contribution in [3.8, 4) is 5.88 Å². The van der Waals surface area contributed by atoms with E-state index < -0.39 is 5.97 Å². The molecule has 0 saturated heterocycles. The van der Waals surface area contributed by atoms with Gasteiger partial charge in [0.1, 0.15) is 5.69 Å². The number of aromatic carboxylic acids is 1. The molecule has 0 aliphatic rings.